The van der Waals surface area contributed by atoms with E-state index in [0.29, 0.717) is 39.0 Å². The molecule has 0 N–H and O–H groups in total. The van der Waals surface area contributed by atoms with E-state index in [2.05, 4.69) is 15.8 Å². The highest BCUT2D eigenvalue weighted by Gasteiger charge is 2.30. The van der Waals surface area contributed by atoms with Crippen molar-refractivity contribution in [2.45, 2.75) is 0 Å². The summed E-state index contributed by atoms with van der Waals surface area (Å²) < 4.78 is 29.4. The summed E-state index contributed by atoms with van der Waals surface area (Å²) in [5.74, 6) is -1.03. The molecule has 5 rings (SSSR count). The van der Waals surface area contributed by atoms with E-state index >= 15 is 0 Å². The van der Waals surface area contributed by atoms with Gasteiger partial charge in [0.15, 0.2) is 5.69 Å². The van der Waals surface area contributed by atoms with Crippen LogP contribution in [0, 0.1) is 47.4 Å². The molecule has 0 unspecified atom stereocenters. The van der Waals surface area contributed by atoms with Crippen LogP contribution >= 0.6 is 0 Å². The maximum absolute atomic E-state index is 14.7. The third-order valence-corrected chi connectivity index (χ3v) is 6.15. The first-order valence-corrected chi connectivity index (χ1v) is 10.7. The number of allylic oxidation sites excluding steroid dienone is 1. The number of fused-ring (bicyclic) bond motifs is 3. The molecule has 1 aliphatic rings. The van der Waals surface area contributed by atoms with Gasteiger partial charge in [-0.2, -0.15) is 5.26 Å². The van der Waals surface area contributed by atoms with E-state index in [-0.39, 0.29) is 28.1 Å². The molecule has 0 amide bonds. The molecule has 0 heterocycles. The van der Waals surface area contributed by atoms with Crippen molar-refractivity contribution in [3.63, 3.8) is 0 Å². The zero-order chi connectivity index (χ0) is 25.4. The van der Waals surface area contributed by atoms with Gasteiger partial charge in [-0.1, -0.05) is 42.5 Å². The van der Waals surface area contributed by atoms with Gasteiger partial charge in [-0.25, -0.2) is 23.7 Å². The summed E-state index contributed by atoms with van der Waals surface area (Å²) in [4.78, 5) is 7.00. The van der Waals surface area contributed by atoms with E-state index in [0.717, 1.165) is 0 Å². The molecule has 0 spiro atoms. The molecule has 4 nitrogen and oxygen atoms in total. The predicted molar refractivity (Wildman–Crippen MR) is 132 cm³/mol. The highest BCUT2D eigenvalue weighted by atomic mass is 19.1. The van der Waals surface area contributed by atoms with Crippen LogP contribution in [0.2, 0.25) is 0 Å². The molecule has 0 saturated heterocycles. The lowest BCUT2D eigenvalue weighted by molar-refractivity contribution is 0.631. The van der Waals surface area contributed by atoms with Gasteiger partial charge in [0.25, 0.3) is 5.70 Å². The lowest BCUT2D eigenvalue weighted by Gasteiger charge is -2.11. The molecular formula is C30H12F2N4. The molecule has 1 aliphatic carbocycles. The van der Waals surface area contributed by atoms with E-state index in [9.17, 15) is 19.3 Å². The molecule has 0 bridgehead atoms. The van der Waals surface area contributed by atoms with Crippen molar-refractivity contribution in [2.75, 3.05) is 0 Å². The Hall–Kier alpha value is -5.56. The number of rotatable bonds is 2. The minimum absolute atomic E-state index is 0.184. The summed E-state index contributed by atoms with van der Waals surface area (Å²) in [6.45, 7) is 15.3. The fraction of sp³-hybridized carbons (Fsp3) is 0. The summed E-state index contributed by atoms with van der Waals surface area (Å²) in [5, 5.41) is 19.6. The number of hydrogen-bond donors (Lipinski definition) is 0. The van der Waals surface area contributed by atoms with Crippen molar-refractivity contribution in [3.8, 4) is 45.5 Å². The number of halogens is 2. The molecule has 36 heavy (non-hydrogen) atoms. The molecule has 0 atom stereocenters. The summed E-state index contributed by atoms with van der Waals surface area (Å²) in [6.07, 6.45) is 0. The second kappa shape index (κ2) is 8.66. The Labute approximate surface area is 205 Å². The van der Waals surface area contributed by atoms with Gasteiger partial charge in [-0.15, -0.1) is 0 Å². The Bertz CT molecular complexity index is 1670. The SMILES string of the molecule is [C-]#[N+]/C(C#N)=C1/c2cc(-c3ccccc3F)c(C#N)cc2-c2cc([N+]#[C-])c(-c3ccccc3F)cc21. The average molecular weight is 466 g/mol. The van der Waals surface area contributed by atoms with Crippen LogP contribution in [0.15, 0.2) is 78.5 Å². The van der Waals surface area contributed by atoms with E-state index in [1.54, 1.807) is 60.7 Å². The summed E-state index contributed by atoms with van der Waals surface area (Å²) in [5.41, 5.74) is 3.58. The van der Waals surface area contributed by atoms with E-state index in [4.69, 9.17) is 13.1 Å². The number of benzene rings is 4. The summed E-state index contributed by atoms with van der Waals surface area (Å²) >= 11 is 0. The van der Waals surface area contributed by atoms with Crippen LogP contribution < -0.4 is 0 Å². The van der Waals surface area contributed by atoms with Gasteiger partial charge >= 0.3 is 0 Å². The van der Waals surface area contributed by atoms with Crippen molar-refractivity contribution in [1.29, 1.82) is 10.5 Å². The van der Waals surface area contributed by atoms with Gasteiger partial charge in [0.1, 0.15) is 11.6 Å². The smallest absolute Gasteiger partial charge is 0.237 e. The number of nitrogens with zero attached hydrogens (tertiary/aromatic N) is 4. The maximum Gasteiger partial charge on any atom is 0.270 e. The fourth-order valence-corrected chi connectivity index (χ4v) is 4.57. The normalized spacial score (nSPS) is 12.4. The number of hydrogen-bond acceptors (Lipinski definition) is 2. The molecule has 166 valence electrons. The van der Waals surface area contributed by atoms with Crippen LogP contribution in [0.4, 0.5) is 14.5 Å². The van der Waals surface area contributed by atoms with Gasteiger partial charge in [-0.05, 0) is 58.1 Å². The highest BCUT2D eigenvalue weighted by molar-refractivity contribution is 6.07. The van der Waals surface area contributed by atoms with Gasteiger partial charge in [0.2, 0.25) is 0 Å². The van der Waals surface area contributed by atoms with Crippen LogP contribution in [0.1, 0.15) is 16.7 Å². The van der Waals surface area contributed by atoms with Crippen LogP contribution in [0.5, 0.6) is 0 Å². The van der Waals surface area contributed by atoms with Gasteiger partial charge in [-0.3, -0.25) is 0 Å². The first-order valence-electron chi connectivity index (χ1n) is 10.7. The second-order valence-electron chi connectivity index (χ2n) is 7.99. The standard InChI is InChI=1S/C30H12F2N4/c1-35-28-14-22-21-11-17(15-33)20(18-7-3-5-9-26(18)31)12-24(21)30(29(16-34)36-2)25(22)13-23(28)19-8-4-6-10-27(19)32/h3-14H/b30-29-. The third kappa shape index (κ3) is 3.31. The topological polar surface area (TPSA) is 56.3 Å². The van der Waals surface area contributed by atoms with Crippen LogP contribution in [-0.2, 0) is 0 Å². The quantitative estimate of drug-likeness (QED) is 0.196. The van der Waals surface area contributed by atoms with Crippen molar-refractivity contribution in [1.82, 2.24) is 0 Å². The molecule has 0 saturated carbocycles. The molecule has 0 aromatic heterocycles. The van der Waals surface area contributed by atoms with Crippen molar-refractivity contribution >= 4 is 11.3 Å². The van der Waals surface area contributed by atoms with Gasteiger partial charge < -0.3 is 0 Å². The van der Waals surface area contributed by atoms with Crippen LogP contribution in [0.25, 0.3) is 48.6 Å². The number of nitriles is 2. The lowest BCUT2D eigenvalue weighted by atomic mass is 9.92. The zero-order valence-corrected chi connectivity index (χ0v) is 18.5. The Morgan fingerprint density at radius 1 is 0.667 bits per heavy atom. The summed E-state index contributed by atoms with van der Waals surface area (Å²) in [7, 11) is 0. The van der Waals surface area contributed by atoms with Crippen molar-refractivity contribution < 1.29 is 8.78 Å². The van der Waals surface area contributed by atoms with E-state index in [1.807, 2.05) is 6.07 Å². The van der Waals surface area contributed by atoms with Crippen molar-refractivity contribution in [2.24, 2.45) is 0 Å². The molecular weight excluding hydrogens is 454 g/mol. The predicted octanol–water partition coefficient (Wildman–Crippen LogP) is 7.90. The largest absolute Gasteiger partial charge is 0.270 e. The molecule has 4 aromatic carbocycles. The molecule has 0 aliphatic heterocycles. The second-order valence-corrected chi connectivity index (χ2v) is 7.99. The Kier molecular flexibility index (Phi) is 5.35. The average Bonchev–Trinajstić information content (AvgIpc) is 3.21. The van der Waals surface area contributed by atoms with Gasteiger partial charge in [0, 0.05) is 22.3 Å². The fourth-order valence-electron chi connectivity index (χ4n) is 4.57. The minimum atomic E-state index is -0.516. The minimum Gasteiger partial charge on any atom is -0.237 e. The zero-order valence-electron chi connectivity index (χ0n) is 18.5. The first kappa shape index (κ1) is 22.2. The van der Waals surface area contributed by atoms with Crippen molar-refractivity contribution in [3.05, 3.63) is 130 Å². The molecule has 0 radical (unpaired) electrons. The lowest BCUT2D eigenvalue weighted by Crippen LogP contribution is -1.93. The molecule has 4 aromatic rings. The van der Waals surface area contributed by atoms with E-state index < -0.39 is 11.6 Å². The first-order chi connectivity index (χ1) is 17.5. The van der Waals surface area contributed by atoms with Crippen LogP contribution in [0.3, 0.4) is 0 Å². The molecule has 0 fully saturated rings. The Morgan fingerprint density at radius 2 is 1.22 bits per heavy atom. The highest BCUT2D eigenvalue weighted by Crippen LogP contribution is 2.51. The Balaban J connectivity index is 1.89. The third-order valence-electron chi connectivity index (χ3n) is 6.15. The maximum atomic E-state index is 14.7. The monoisotopic (exact) mass is 466 g/mol. The molecule has 6 heteroatoms. The summed E-state index contributed by atoms with van der Waals surface area (Å²) in [6, 6.07) is 22.5. The van der Waals surface area contributed by atoms with Gasteiger partial charge in [0.05, 0.1) is 30.8 Å². The Morgan fingerprint density at radius 3 is 1.75 bits per heavy atom. The van der Waals surface area contributed by atoms with Crippen LogP contribution in [-0.4, -0.2) is 0 Å². The van der Waals surface area contributed by atoms with E-state index in [1.165, 1.54) is 12.1 Å².